The molecule has 0 fully saturated rings. The summed E-state index contributed by atoms with van der Waals surface area (Å²) in [5.41, 5.74) is 1.78. The smallest absolute Gasteiger partial charge is 0.270 e. The van der Waals surface area contributed by atoms with Crippen LogP contribution in [0.15, 0.2) is 48.7 Å². The highest BCUT2D eigenvalue weighted by Crippen LogP contribution is 2.30. The maximum Gasteiger partial charge on any atom is 0.270 e. The van der Waals surface area contributed by atoms with E-state index >= 15 is 0 Å². The lowest BCUT2D eigenvalue weighted by molar-refractivity contribution is -0.384. The van der Waals surface area contributed by atoms with E-state index in [4.69, 9.17) is 11.6 Å². The first-order chi connectivity index (χ1) is 14.8. The molecule has 2 N–H and O–H groups in total. The highest BCUT2D eigenvalue weighted by Gasteiger charge is 2.14. The summed E-state index contributed by atoms with van der Waals surface area (Å²) in [6, 6.07) is 10.5. The van der Waals surface area contributed by atoms with Gasteiger partial charge in [-0.2, -0.15) is 4.98 Å². The SMILES string of the molecule is CN(C)CCCNc1nc(Nc2ccc(F)c(Cl)c2)ncc1-c1cccc([N+](=O)[O-])c1. The van der Waals surface area contributed by atoms with E-state index in [1.165, 1.54) is 30.3 Å². The molecule has 3 aromatic rings. The summed E-state index contributed by atoms with van der Waals surface area (Å²) in [4.78, 5) is 21.6. The molecule has 2 aromatic carbocycles. The van der Waals surface area contributed by atoms with Gasteiger partial charge < -0.3 is 15.5 Å². The van der Waals surface area contributed by atoms with Gasteiger partial charge in [0.15, 0.2) is 0 Å². The van der Waals surface area contributed by atoms with Crippen molar-refractivity contribution in [1.82, 2.24) is 14.9 Å². The van der Waals surface area contributed by atoms with Gasteiger partial charge >= 0.3 is 0 Å². The number of benzene rings is 2. The zero-order valence-electron chi connectivity index (χ0n) is 17.1. The highest BCUT2D eigenvalue weighted by atomic mass is 35.5. The van der Waals surface area contributed by atoms with Crippen LogP contribution in [0.5, 0.6) is 0 Å². The van der Waals surface area contributed by atoms with Crippen molar-refractivity contribution in [2.75, 3.05) is 37.8 Å². The topological polar surface area (TPSA) is 96.2 Å². The number of aromatic nitrogens is 2. The van der Waals surface area contributed by atoms with Crippen LogP contribution in [0.25, 0.3) is 11.1 Å². The zero-order valence-corrected chi connectivity index (χ0v) is 17.9. The lowest BCUT2D eigenvalue weighted by atomic mass is 10.1. The van der Waals surface area contributed by atoms with Crippen LogP contribution < -0.4 is 10.6 Å². The molecule has 31 heavy (non-hydrogen) atoms. The zero-order chi connectivity index (χ0) is 22.4. The second kappa shape index (κ2) is 10.1. The van der Waals surface area contributed by atoms with Crippen molar-refractivity contribution in [1.29, 1.82) is 0 Å². The number of hydrogen-bond acceptors (Lipinski definition) is 7. The molecule has 0 aliphatic carbocycles. The lowest BCUT2D eigenvalue weighted by Gasteiger charge is -2.14. The van der Waals surface area contributed by atoms with Crippen LogP contribution in [0.4, 0.5) is 27.5 Å². The predicted octanol–water partition coefficient (Wildman–Crippen LogP) is 4.95. The Kier molecular flexibility index (Phi) is 7.32. The average molecular weight is 445 g/mol. The molecule has 0 spiro atoms. The molecular weight excluding hydrogens is 423 g/mol. The third-order valence-electron chi connectivity index (χ3n) is 4.41. The maximum atomic E-state index is 13.4. The van der Waals surface area contributed by atoms with Gasteiger partial charge in [0.25, 0.3) is 5.69 Å². The van der Waals surface area contributed by atoms with Crippen molar-refractivity contribution in [3.05, 3.63) is 69.6 Å². The van der Waals surface area contributed by atoms with Crippen molar-refractivity contribution >= 4 is 34.7 Å². The lowest BCUT2D eigenvalue weighted by Crippen LogP contribution is -2.17. The second-order valence-electron chi connectivity index (χ2n) is 7.10. The molecule has 8 nitrogen and oxygen atoms in total. The number of nitrogens with zero attached hydrogens (tertiary/aromatic N) is 4. The molecule has 0 atom stereocenters. The van der Waals surface area contributed by atoms with Gasteiger partial charge in [-0.15, -0.1) is 0 Å². The fourth-order valence-corrected chi connectivity index (χ4v) is 3.06. The quantitative estimate of drug-likeness (QED) is 0.274. The molecule has 162 valence electrons. The monoisotopic (exact) mass is 444 g/mol. The van der Waals surface area contributed by atoms with Gasteiger partial charge in [0.1, 0.15) is 11.6 Å². The van der Waals surface area contributed by atoms with E-state index < -0.39 is 10.7 Å². The van der Waals surface area contributed by atoms with Crippen molar-refractivity contribution in [2.24, 2.45) is 0 Å². The van der Waals surface area contributed by atoms with Gasteiger partial charge in [-0.3, -0.25) is 10.1 Å². The number of nitro benzene ring substituents is 1. The van der Waals surface area contributed by atoms with Gasteiger partial charge in [-0.25, -0.2) is 9.37 Å². The molecule has 3 rings (SSSR count). The van der Waals surface area contributed by atoms with E-state index in [1.807, 2.05) is 14.1 Å². The van der Waals surface area contributed by atoms with E-state index in [9.17, 15) is 14.5 Å². The van der Waals surface area contributed by atoms with Crippen molar-refractivity contribution < 1.29 is 9.31 Å². The number of non-ortho nitro benzene ring substituents is 1. The Morgan fingerprint density at radius 1 is 1.23 bits per heavy atom. The largest absolute Gasteiger partial charge is 0.369 e. The van der Waals surface area contributed by atoms with E-state index in [0.717, 1.165) is 13.0 Å². The Bertz CT molecular complexity index is 1080. The molecule has 0 saturated carbocycles. The Morgan fingerprint density at radius 3 is 2.74 bits per heavy atom. The summed E-state index contributed by atoms with van der Waals surface area (Å²) < 4.78 is 13.4. The molecule has 0 aliphatic heterocycles. The molecule has 0 aliphatic rings. The second-order valence-corrected chi connectivity index (χ2v) is 7.51. The Balaban J connectivity index is 1.91. The van der Waals surface area contributed by atoms with Crippen LogP contribution >= 0.6 is 11.6 Å². The van der Waals surface area contributed by atoms with Gasteiger partial charge in [0.2, 0.25) is 5.95 Å². The highest BCUT2D eigenvalue weighted by molar-refractivity contribution is 6.31. The number of hydrogen-bond donors (Lipinski definition) is 2. The van der Waals surface area contributed by atoms with Crippen LogP contribution in [0.2, 0.25) is 5.02 Å². The van der Waals surface area contributed by atoms with Crippen LogP contribution in [0.3, 0.4) is 0 Å². The summed E-state index contributed by atoms with van der Waals surface area (Å²) in [6.45, 7) is 1.54. The predicted molar refractivity (Wildman–Crippen MR) is 120 cm³/mol. The molecule has 1 heterocycles. The summed E-state index contributed by atoms with van der Waals surface area (Å²) in [7, 11) is 3.99. The van der Waals surface area contributed by atoms with Gasteiger partial charge in [-0.05, 0) is 50.8 Å². The number of anilines is 3. The Hall–Kier alpha value is -3.30. The summed E-state index contributed by atoms with van der Waals surface area (Å²) >= 11 is 5.84. The third-order valence-corrected chi connectivity index (χ3v) is 4.70. The molecular formula is C21H22ClFN6O2. The van der Waals surface area contributed by atoms with Crippen molar-refractivity contribution in [3.63, 3.8) is 0 Å². The molecule has 0 radical (unpaired) electrons. The van der Waals surface area contributed by atoms with E-state index in [-0.39, 0.29) is 16.7 Å². The Morgan fingerprint density at radius 2 is 2.03 bits per heavy atom. The van der Waals surface area contributed by atoms with Gasteiger partial charge in [0.05, 0.1) is 9.95 Å². The average Bonchev–Trinajstić information content (AvgIpc) is 2.74. The normalized spacial score (nSPS) is 10.9. The summed E-state index contributed by atoms with van der Waals surface area (Å²) in [6.07, 6.45) is 2.47. The van der Waals surface area contributed by atoms with Crippen LogP contribution in [0.1, 0.15) is 6.42 Å². The van der Waals surface area contributed by atoms with Gasteiger partial charge in [0, 0.05) is 36.1 Å². The molecule has 0 amide bonds. The number of nitrogens with one attached hydrogen (secondary N) is 2. The van der Waals surface area contributed by atoms with E-state index in [0.29, 0.717) is 29.2 Å². The number of rotatable bonds is 9. The van der Waals surface area contributed by atoms with Gasteiger partial charge in [-0.1, -0.05) is 23.7 Å². The van der Waals surface area contributed by atoms with Crippen LogP contribution in [0, 0.1) is 15.9 Å². The Labute approximate surface area is 184 Å². The van der Waals surface area contributed by atoms with E-state index in [2.05, 4.69) is 25.5 Å². The number of halogens is 2. The molecule has 1 aromatic heterocycles. The minimum atomic E-state index is -0.516. The van der Waals surface area contributed by atoms with E-state index in [1.54, 1.807) is 18.3 Å². The summed E-state index contributed by atoms with van der Waals surface area (Å²) in [5.74, 6) is 0.300. The van der Waals surface area contributed by atoms with Crippen molar-refractivity contribution in [2.45, 2.75) is 6.42 Å². The summed E-state index contributed by atoms with van der Waals surface area (Å²) in [5, 5.41) is 17.4. The maximum absolute atomic E-state index is 13.4. The molecule has 10 heteroatoms. The fourth-order valence-electron chi connectivity index (χ4n) is 2.88. The number of nitro groups is 1. The fraction of sp³-hybridized carbons (Fsp3) is 0.238. The molecule has 0 saturated heterocycles. The van der Waals surface area contributed by atoms with Crippen LogP contribution in [-0.2, 0) is 0 Å². The van der Waals surface area contributed by atoms with Crippen molar-refractivity contribution in [3.8, 4) is 11.1 Å². The first-order valence-corrected chi connectivity index (χ1v) is 9.94. The first-order valence-electron chi connectivity index (χ1n) is 9.56. The third kappa shape index (κ3) is 6.09. The standard InChI is InChI=1S/C21H22ClFN6O2/c1-28(2)10-4-9-24-20-17(14-5-3-6-16(11-14)29(30)31)13-25-21(27-20)26-15-7-8-19(23)18(22)12-15/h3,5-8,11-13H,4,9-10H2,1-2H3,(H2,24,25,26,27). The minimum absolute atomic E-state index is 0.0137. The van der Waals surface area contributed by atoms with Crippen LogP contribution in [-0.4, -0.2) is 47.0 Å². The first kappa shape index (κ1) is 22.4. The molecule has 0 unspecified atom stereocenters. The minimum Gasteiger partial charge on any atom is -0.369 e. The molecule has 0 bridgehead atoms.